The summed E-state index contributed by atoms with van der Waals surface area (Å²) >= 11 is 3.35. The van der Waals surface area contributed by atoms with Crippen LogP contribution in [0.3, 0.4) is 0 Å². The third-order valence-electron chi connectivity index (χ3n) is 3.14. The van der Waals surface area contributed by atoms with Crippen molar-refractivity contribution in [3.63, 3.8) is 0 Å². The average molecular weight is 340 g/mol. The average Bonchev–Trinajstić information content (AvgIpc) is 2.24. The summed E-state index contributed by atoms with van der Waals surface area (Å²) in [5, 5.41) is 0.624. The Labute approximate surface area is 118 Å². The van der Waals surface area contributed by atoms with Crippen molar-refractivity contribution in [2.24, 2.45) is 11.3 Å². The van der Waals surface area contributed by atoms with Gasteiger partial charge >= 0.3 is 6.18 Å². The second kappa shape index (κ2) is 5.69. The van der Waals surface area contributed by atoms with Crippen LogP contribution in [0.25, 0.3) is 0 Å². The first-order valence-electron chi connectivity index (χ1n) is 5.89. The maximum atomic E-state index is 12.6. The molecule has 0 aliphatic carbocycles. The summed E-state index contributed by atoms with van der Waals surface area (Å²) in [7, 11) is 0. The van der Waals surface area contributed by atoms with Gasteiger partial charge < -0.3 is 4.57 Å². The number of hydrogen-bond donors (Lipinski definition) is 0. The van der Waals surface area contributed by atoms with E-state index in [0.717, 1.165) is 22.9 Å². The van der Waals surface area contributed by atoms with Crippen molar-refractivity contribution in [2.75, 3.05) is 5.33 Å². The predicted octanol–water partition coefficient (Wildman–Crippen LogP) is 3.92. The summed E-state index contributed by atoms with van der Waals surface area (Å²) in [4.78, 5) is 11.7. The summed E-state index contributed by atoms with van der Waals surface area (Å²) in [6.45, 7) is 6.25. The third kappa shape index (κ3) is 4.37. The van der Waals surface area contributed by atoms with Gasteiger partial charge in [0.15, 0.2) is 0 Å². The van der Waals surface area contributed by atoms with Crippen molar-refractivity contribution in [2.45, 2.75) is 33.5 Å². The summed E-state index contributed by atoms with van der Waals surface area (Å²) in [5.74, 6) is 0.0636. The van der Waals surface area contributed by atoms with Gasteiger partial charge in [-0.1, -0.05) is 36.7 Å². The van der Waals surface area contributed by atoms with Crippen LogP contribution in [0.1, 0.15) is 26.3 Å². The number of alkyl halides is 4. The molecule has 0 aromatic carbocycles. The minimum Gasteiger partial charge on any atom is -0.315 e. The van der Waals surface area contributed by atoms with Gasteiger partial charge in [-0.15, -0.1) is 0 Å². The van der Waals surface area contributed by atoms with Crippen molar-refractivity contribution < 1.29 is 13.2 Å². The van der Waals surface area contributed by atoms with Crippen molar-refractivity contribution in [1.82, 2.24) is 4.57 Å². The number of halogens is 4. The first-order valence-corrected chi connectivity index (χ1v) is 7.01. The number of rotatable bonds is 3. The van der Waals surface area contributed by atoms with E-state index in [1.54, 1.807) is 0 Å². The van der Waals surface area contributed by atoms with E-state index in [1.807, 2.05) is 20.8 Å². The van der Waals surface area contributed by atoms with Gasteiger partial charge in [-0.3, -0.25) is 4.79 Å². The summed E-state index contributed by atoms with van der Waals surface area (Å²) < 4.78 is 39.0. The Kier molecular flexibility index (Phi) is 4.87. The molecule has 1 rings (SSSR count). The van der Waals surface area contributed by atoms with E-state index >= 15 is 0 Å². The SMILES string of the molecule is CC(C)(C)C(CBr)Cn1cc(C(F)(F)F)ccc1=O. The van der Waals surface area contributed by atoms with Crippen LogP contribution in [0.5, 0.6) is 0 Å². The minimum absolute atomic E-state index is 0.0636. The second-order valence-corrected chi connectivity index (χ2v) is 6.27. The maximum Gasteiger partial charge on any atom is 0.417 e. The molecule has 19 heavy (non-hydrogen) atoms. The normalized spacial score (nSPS) is 14.5. The highest BCUT2D eigenvalue weighted by Crippen LogP contribution is 2.30. The lowest BCUT2D eigenvalue weighted by Gasteiger charge is -2.29. The van der Waals surface area contributed by atoms with Crippen molar-refractivity contribution in [1.29, 1.82) is 0 Å². The largest absolute Gasteiger partial charge is 0.417 e. The van der Waals surface area contributed by atoms with Gasteiger partial charge in [-0.05, 0) is 17.4 Å². The zero-order chi connectivity index (χ0) is 14.8. The van der Waals surface area contributed by atoms with E-state index in [-0.39, 0.29) is 17.9 Å². The molecule has 0 N–H and O–H groups in total. The van der Waals surface area contributed by atoms with Crippen LogP contribution in [0.4, 0.5) is 13.2 Å². The molecule has 0 aliphatic heterocycles. The smallest absolute Gasteiger partial charge is 0.315 e. The number of pyridine rings is 1. The Morgan fingerprint density at radius 3 is 2.26 bits per heavy atom. The zero-order valence-electron chi connectivity index (χ0n) is 11.1. The van der Waals surface area contributed by atoms with Gasteiger partial charge in [-0.2, -0.15) is 13.2 Å². The van der Waals surface area contributed by atoms with Gasteiger partial charge in [0, 0.05) is 24.1 Å². The van der Waals surface area contributed by atoms with Crippen LogP contribution in [0, 0.1) is 11.3 Å². The van der Waals surface area contributed by atoms with Crippen LogP contribution in [-0.2, 0) is 12.7 Å². The zero-order valence-corrected chi connectivity index (χ0v) is 12.7. The van der Waals surface area contributed by atoms with Gasteiger partial charge in [0.05, 0.1) is 5.56 Å². The molecule has 1 aromatic rings. The maximum absolute atomic E-state index is 12.6. The molecule has 0 spiro atoms. The Morgan fingerprint density at radius 1 is 1.26 bits per heavy atom. The molecule has 6 heteroatoms. The van der Waals surface area contributed by atoms with E-state index in [9.17, 15) is 18.0 Å². The quantitative estimate of drug-likeness (QED) is 0.765. The lowest BCUT2D eigenvalue weighted by Crippen LogP contribution is -2.31. The lowest BCUT2D eigenvalue weighted by molar-refractivity contribution is -0.138. The van der Waals surface area contributed by atoms with E-state index in [1.165, 1.54) is 0 Å². The fraction of sp³-hybridized carbons (Fsp3) is 0.615. The number of hydrogen-bond acceptors (Lipinski definition) is 1. The molecule has 0 amide bonds. The molecular formula is C13H17BrF3NO. The molecule has 0 aliphatic rings. The number of nitrogens with zero attached hydrogens (tertiary/aromatic N) is 1. The van der Waals surface area contributed by atoms with Crippen LogP contribution < -0.4 is 5.56 Å². The fourth-order valence-electron chi connectivity index (χ4n) is 1.63. The first kappa shape index (κ1) is 16.3. The van der Waals surface area contributed by atoms with E-state index in [0.29, 0.717) is 5.33 Å². The van der Waals surface area contributed by atoms with Crippen molar-refractivity contribution in [3.05, 3.63) is 34.2 Å². The summed E-state index contributed by atoms with van der Waals surface area (Å²) in [5.41, 5.74) is -1.31. The Bertz CT molecular complexity index is 488. The molecule has 1 heterocycles. The molecule has 1 unspecified atom stereocenters. The molecule has 0 saturated heterocycles. The topological polar surface area (TPSA) is 22.0 Å². The Morgan fingerprint density at radius 2 is 1.84 bits per heavy atom. The van der Waals surface area contributed by atoms with Gasteiger partial charge in [0.2, 0.25) is 0 Å². The minimum atomic E-state index is -4.43. The molecule has 108 valence electrons. The van der Waals surface area contributed by atoms with Crippen LogP contribution in [-0.4, -0.2) is 9.90 Å². The second-order valence-electron chi connectivity index (χ2n) is 5.62. The highest BCUT2D eigenvalue weighted by molar-refractivity contribution is 9.09. The Balaban J connectivity index is 3.10. The van der Waals surface area contributed by atoms with Crippen LogP contribution in [0.2, 0.25) is 0 Å². The molecule has 2 nitrogen and oxygen atoms in total. The fourth-order valence-corrected chi connectivity index (χ4v) is 2.81. The molecular weight excluding hydrogens is 323 g/mol. The summed E-state index contributed by atoms with van der Waals surface area (Å²) in [6.07, 6.45) is -3.54. The molecule has 0 radical (unpaired) electrons. The third-order valence-corrected chi connectivity index (χ3v) is 3.92. The monoisotopic (exact) mass is 339 g/mol. The molecule has 1 atom stereocenters. The van der Waals surface area contributed by atoms with E-state index in [2.05, 4.69) is 15.9 Å². The van der Waals surface area contributed by atoms with Gasteiger partial charge in [0.1, 0.15) is 0 Å². The molecule has 0 saturated carbocycles. The molecule has 1 aromatic heterocycles. The van der Waals surface area contributed by atoms with E-state index in [4.69, 9.17) is 0 Å². The lowest BCUT2D eigenvalue weighted by atomic mass is 9.82. The van der Waals surface area contributed by atoms with Crippen LogP contribution in [0.15, 0.2) is 23.1 Å². The Hall–Kier alpha value is -0.780. The molecule has 0 bridgehead atoms. The highest BCUT2D eigenvalue weighted by atomic mass is 79.9. The van der Waals surface area contributed by atoms with Gasteiger partial charge in [-0.25, -0.2) is 0 Å². The number of aromatic nitrogens is 1. The van der Waals surface area contributed by atoms with E-state index < -0.39 is 17.3 Å². The van der Waals surface area contributed by atoms with Gasteiger partial charge in [0.25, 0.3) is 5.56 Å². The summed E-state index contributed by atoms with van der Waals surface area (Å²) in [6, 6.07) is 1.79. The standard InChI is InChI=1S/C13H17BrF3NO/c1-12(2,3)10(6-14)8-18-7-9(13(15,16)17)4-5-11(18)19/h4-5,7,10H,6,8H2,1-3H3. The predicted molar refractivity (Wildman–Crippen MR) is 72.4 cm³/mol. The van der Waals surface area contributed by atoms with Crippen molar-refractivity contribution in [3.8, 4) is 0 Å². The van der Waals surface area contributed by atoms with Crippen LogP contribution >= 0.6 is 15.9 Å². The van der Waals surface area contributed by atoms with Crippen molar-refractivity contribution >= 4 is 15.9 Å². The first-order chi connectivity index (χ1) is 8.55. The highest BCUT2D eigenvalue weighted by Gasteiger charge is 2.31. The molecule has 0 fully saturated rings.